The highest BCUT2D eigenvalue weighted by Gasteiger charge is 2.12. The first-order valence-corrected chi connectivity index (χ1v) is 8.01. The van der Waals surface area contributed by atoms with Crippen molar-refractivity contribution in [2.75, 3.05) is 0 Å². The van der Waals surface area contributed by atoms with E-state index in [-0.39, 0.29) is 0 Å². The van der Waals surface area contributed by atoms with Crippen LogP contribution in [0.3, 0.4) is 0 Å². The Labute approximate surface area is 140 Å². The van der Waals surface area contributed by atoms with Crippen molar-refractivity contribution in [1.82, 2.24) is 20.5 Å². The van der Waals surface area contributed by atoms with Crippen LogP contribution < -0.4 is 5.32 Å². The third-order valence-electron chi connectivity index (χ3n) is 3.92. The maximum Gasteiger partial charge on any atom is 0.115 e. The lowest BCUT2D eigenvalue weighted by Gasteiger charge is -2.14. The van der Waals surface area contributed by atoms with Gasteiger partial charge < -0.3 is 5.32 Å². The first-order chi connectivity index (χ1) is 11.1. The molecule has 0 radical (unpaired) electrons. The molecule has 5 heteroatoms. The fraction of sp³-hybridized carbons (Fsp3) is 0.222. The Bertz CT molecular complexity index is 853. The average Bonchev–Trinajstić information content (AvgIpc) is 2.97. The predicted octanol–water partition coefficient (Wildman–Crippen LogP) is 4.64. The summed E-state index contributed by atoms with van der Waals surface area (Å²) in [6.45, 7) is 8.39. The first kappa shape index (κ1) is 15.6. The lowest BCUT2D eigenvalue weighted by Crippen LogP contribution is -2.23. The highest BCUT2D eigenvalue weighted by Crippen LogP contribution is 2.28. The van der Waals surface area contributed by atoms with Gasteiger partial charge in [-0.05, 0) is 37.1 Å². The number of pyridine rings is 1. The molecule has 0 fully saturated rings. The van der Waals surface area contributed by atoms with Crippen molar-refractivity contribution in [2.24, 2.45) is 0 Å². The molecule has 23 heavy (non-hydrogen) atoms. The van der Waals surface area contributed by atoms with E-state index in [4.69, 9.17) is 11.6 Å². The minimum atomic E-state index is 0.356. The molecule has 0 spiro atoms. The number of fused-ring (bicyclic) bond motifs is 1. The third kappa shape index (κ3) is 3.22. The number of aromatic amines is 1. The van der Waals surface area contributed by atoms with Crippen molar-refractivity contribution in [2.45, 2.75) is 26.3 Å². The molecule has 2 N–H and O–H groups in total. The number of nitrogens with zero attached hydrogens (tertiary/aromatic N) is 2. The SMILES string of the molecule is C=C(NC(C)CC)c1n[nH]c2ccc(-c3cncc(Cl)c3)cc12. The molecular weight excluding hydrogens is 308 g/mol. The van der Waals surface area contributed by atoms with E-state index in [9.17, 15) is 0 Å². The molecule has 3 rings (SSSR count). The van der Waals surface area contributed by atoms with Crippen LogP contribution in [0.1, 0.15) is 26.0 Å². The van der Waals surface area contributed by atoms with Gasteiger partial charge in [-0.25, -0.2) is 0 Å². The van der Waals surface area contributed by atoms with Gasteiger partial charge in [-0.3, -0.25) is 10.1 Å². The third-order valence-corrected chi connectivity index (χ3v) is 4.13. The van der Waals surface area contributed by atoms with Gasteiger partial charge in [0.2, 0.25) is 0 Å². The number of hydrogen-bond donors (Lipinski definition) is 2. The highest BCUT2D eigenvalue weighted by molar-refractivity contribution is 6.30. The number of halogens is 1. The van der Waals surface area contributed by atoms with Gasteiger partial charge in [0.1, 0.15) is 5.69 Å². The summed E-state index contributed by atoms with van der Waals surface area (Å²) >= 11 is 6.04. The van der Waals surface area contributed by atoms with Crippen molar-refractivity contribution in [3.63, 3.8) is 0 Å². The van der Waals surface area contributed by atoms with Crippen molar-refractivity contribution in [1.29, 1.82) is 0 Å². The summed E-state index contributed by atoms with van der Waals surface area (Å²) in [7, 11) is 0. The zero-order valence-electron chi connectivity index (χ0n) is 13.2. The zero-order valence-corrected chi connectivity index (χ0v) is 14.0. The summed E-state index contributed by atoms with van der Waals surface area (Å²) in [6.07, 6.45) is 4.46. The highest BCUT2D eigenvalue weighted by atomic mass is 35.5. The van der Waals surface area contributed by atoms with Gasteiger partial charge in [0.25, 0.3) is 0 Å². The van der Waals surface area contributed by atoms with E-state index < -0.39 is 0 Å². The quantitative estimate of drug-likeness (QED) is 0.718. The number of hydrogen-bond acceptors (Lipinski definition) is 3. The van der Waals surface area contributed by atoms with E-state index >= 15 is 0 Å². The molecule has 0 saturated carbocycles. The minimum Gasteiger partial charge on any atom is -0.381 e. The van der Waals surface area contributed by atoms with Crippen molar-refractivity contribution >= 4 is 28.2 Å². The normalized spacial score (nSPS) is 12.3. The van der Waals surface area contributed by atoms with Gasteiger partial charge in [0.05, 0.1) is 16.2 Å². The molecular formula is C18H19ClN4. The van der Waals surface area contributed by atoms with E-state index in [2.05, 4.69) is 47.0 Å². The number of nitrogens with one attached hydrogen (secondary N) is 2. The van der Waals surface area contributed by atoms with Crippen LogP contribution in [0.2, 0.25) is 5.02 Å². The molecule has 2 heterocycles. The molecule has 1 unspecified atom stereocenters. The summed E-state index contributed by atoms with van der Waals surface area (Å²) in [5, 5.41) is 12.5. The van der Waals surface area contributed by atoms with Crippen LogP contribution in [0.15, 0.2) is 43.2 Å². The monoisotopic (exact) mass is 326 g/mol. The van der Waals surface area contributed by atoms with E-state index in [1.165, 1.54) is 0 Å². The zero-order chi connectivity index (χ0) is 16.4. The summed E-state index contributed by atoms with van der Waals surface area (Å²) in [4.78, 5) is 4.15. The topological polar surface area (TPSA) is 53.6 Å². The second kappa shape index (κ2) is 6.42. The molecule has 118 valence electrons. The fourth-order valence-corrected chi connectivity index (χ4v) is 2.64. The molecule has 1 atom stereocenters. The largest absolute Gasteiger partial charge is 0.381 e. The second-order valence-electron chi connectivity index (χ2n) is 5.66. The molecule has 0 saturated heterocycles. The maximum absolute atomic E-state index is 6.04. The van der Waals surface area contributed by atoms with Crippen LogP contribution in [-0.2, 0) is 0 Å². The Morgan fingerprint density at radius 3 is 2.87 bits per heavy atom. The van der Waals surface area contributed by atoms with Gasteiger partial charge in [0, 0.05) is 29.4 Å². The Morgan fingerprint density at radius 2 is 2.13 bits per heavy atom. The van der Waals surface area contributed by atoms with Crippen LogP contribution >= 0.6 is 11.6 Å². The number of benzene rings is 1. The fourth-order valence-electron chi connectivity index (χ4n) is 2.46. The lowest BCUT2D eigenvalue weighted by molar-refractivity contribution is 0.629. The predicted molar refractivity (Wildman–Crippen MR) is 96.3 cm³/mol. The maximum atomic E-state index is 6.04. The van der Waals surface area contributed by atoms with Crippen LogP contribution in [-0.4, -0.2) is 21.2 Å². The van der Waals surface area contributed by atoms with Gasteiger partial charge in [0.15, 0.2) is 0 Å². The Kier molecular flexibility index (Phi) is 4.35. The Hall–Kier alpha value is -2.33. The van der Waals surface area contributed by atoms with Crippen LogP contribution in [0.5, 0.6) is 0 Å². The van der Waals surface area contributed by atoms with E-state index in [1.54, 1.807) is 12.4 Å². The van der Waals surface area contributed by atoms with Gasteiger partial charge in [-0.1, -0.05) is 31.2 Å². The summed E-state index contributed by atoms with van der Waals surface area (Å²) in [6, 6.07) is 8.39. The van der Waals surface area contributed by atoms with E-state index in [0.717, 1.165) is 39.8 Å². The smallest absolute Gasteiger partial charge is 0.115 e. The minimum absolute atomic E-state index is 0.356. The molecule has 0 amide bonds. The van der Waals surface area contributed by atoms with Crippen LogP contribution in [0.4, 0.5) is 0 Å². The molecule has 3 aromatic rings. The van der Waals surface area contributed by atoms with Gasteiger partial charge in [-0.15, -0.1) is 0 Å². The summed E-state index contributed by atoms with van der Waals surface area (Å²) in [5.74, 6) is 0. The molecule has 0 bridgehead atoms. The average molecular weight is 327 g/mol. The molecule has 4 nitrogen and oxygen atoms in total. The van der Waals surface area contributed by atoms with Crippen LogP contribution in [0.25, 0.3) is 27.7 Å². The standard InChI is InChI=1S/C18H19ClN4/c1-4-11(2)21-12(3)18-16-8-13(5-6-17(16)22-23-18)14-7-15(19)10-20-9-14/h5-11,21H,3-4H2,1-2H3,(H,22,23). The molecule has 0 aliphatic heterocycles. The molecule has 0 aliphatic carbocycles. The Morgan fingerprint density at radius 1 is 1.30 bits per heavy atom. The summed E-state index contributed by atoms with van der Waals surface area (Å²) in [5.41, 5.74) is 4.67. The Balaban J connectivity index is 2.02. The van der Waals surface area contributed by atoms with Gasteiger partial charge in [-0.2, -0.15) is 5.10 Å². The first-order valence-electron chi connectivity index (χ1n) is 7.63. The number of aromatic nitrogens is 3. The van der Waals surface area contributed by atoms with Crippen molar-refractivity contribution in [3.05, 3.63) is 54.0 Å². The van der Waals surface area contributed by atoms with Gasteiger partial charge >= 0.3 is 0 Å². The molecule has 0 aliphatic rings. The lowest BCUT2D eigenvalue weighted by atomic mass is 10.0. The number of H-pyrrole nitrogens is 1. The summed E-state index contributed by atoms with van der Waals surface area (Å²) < 4.78 is 0. The second-order valence-corrected chi connectivity index (χ2v) is 6.09. The number of rotatable bonds is 5. The molecule has 1 aromatic carbocycles. The van der Waals surface area contributed by atoms with E-state index in [1.807, 2.05) is 18.2 Å². The van der Waals surface area contributed by atoms with Crippen molar-refractivity contribution in [3.8, 4) is 11.1 Å². The van der Waals surface area contributed by atoms with Crippen LogP contribution in [0, 0.1) is 0 Å². The van der Waals surface area contributed by atoms with Crippen molar-refractivity contribution < 1.29 is 0 Å². The molecule has 2 aromatic heterocycles. The van der Waals surface area contributed by atoms with E-state index in [0.29, 0.717) is 11.1 Å².